The summed E-state index contributed by atoms with van der Waals surface area (Å²) in [4.78, 5) is 2.23. The average Bonchev–Trinajstić information content (AvgIpc) is 2.36. The van der Waals surface area contributed by atoms with Crippen molar-refractivity contribution in [2.45, 2.75) is 26.3 Å². The van der Waals surface area contributed by atoms with Crippen LogP contribution in [-0.4, -0.2) is 25.0 Å². The summed E-state index contributed by atoms with van der Waals surface area (Å²) in [6.45, 7) is 5.83. The van der Waals surface area contributed by atoms with Crippen LogP contribution in [-0.2, 0) is 0 Å². The van der Waals surface area contributed by atoms with Crippen molar-refractivity contribution < 1.29 is 0 Å². The molecule has 0 bridgehead atoms. The van der Waals surface area contributed by atoms with Crippen molar-refractivity contribution in [1.82, 2.24) is 4.90 Å². The smallest absolute Gasteiger partial charge is 0.0641 e. The van der Waals surface area contributed by atoms with Crippen LogP contribution in [0.25, 0.3) is 0 Å². The van der Waals surface area contributed by atoms with Gasteiger partial charge in [-0.2, -0.15) is 5.26 Å². The molecule has 1 aromatic carbocycles. The lowest BCUT2D eigenvalue weighted by Crippen LogP contribution is -2.38. The highest BCUT2D eigenvalue weighted by atomic mass is 15.1. The van der Waals surface area contributed by atoms with Crippen LogP contribution in [0, 0.1) is 16.7 Å². The molecule has 3 heteroatoms. The Bertz CT molecular complexity index is 392. The molecule has 0 saturated carbocycles. The minimum absolute atomic E-state index is 0.0667. The van der Waals surface area contributed by atoms with E-state index >= 15 is 0 Å². The third-order valence-electron chi connectivity index (χ3n) is 3.23. The molecule has 0 fully saturated rings. The second kappa shape index (κ2) is 6.53. The Kier molecular flexibility index (Phi) is 5.33. The maximum atomic E-state index is 9.00. The van der Waals surface area contributed by atoms with Crippen LogP contribution in [0.4, 0.5) is 0 Å². The molecule has 0 saturated heterocycles. The molecule has 1 aromatic rings. The van der Waals surface area contributed by atoms with Gasteiger partial charge in [-0.15, -0.1) is 0 Å². The van der Waals surface area contributed by atoms with Crippen molar-refractivity contribution in [3.8, 4) is 6.07 Å². The third-order valence-corrected chi connectivity index (χ3v) is 3.23. The van der Waals surface area contributed by atoms with Gasteiger partial charge < -0.3 is 5.73 Å². The molecular weight excluding hydrogens is 222 g/mol. The molecule has 18 heavy (non-hydrogen) atoms. The first-order valence-corrected chi connectivity index (χ1v) is 6.32. The number of nitrogens with two attached hydrogens (primary N) is 1. The third kappa shape index (κ3) is 4.14. The molecule has 98 valence electrons. The Morgan fingerprint density at radius 2 is 1.94 bits per heavy atom. The highest BCUT2D eigenvalue weighted by Gasteiger charge is 2.23. The molecule has 0 amide bonds. The summed E-state index contributed by atoms with van der Waals surface area (Å²) in [6.07, 6.45) is 0.501. The van der Waals surface area contributed by atoms with E-state index in [1.807, 2.05) is 18.2 Å². The largest absolute Gasteiger partial charge is 0.330 e. The van der Waals surface area contributed by atoms with Gasteiger partial charge in [0.05, 0.1) is 12.5 Å². The zero-order valence-corrected chi connectivity index (χ0v) is 11.6. The molecule has 0 aromatic heterocycles. The molecule has 0 aliphatic carbocycles. The van der Waals surface area contributed by atoms with Crippen LogP contribution in [0.1, 0.15) is 31.9 Å². The maximum absolute atomic E-state index is 9.00. The van der Waals surface area contributed by atoms with E-state index in [0.717, 1.165) is 6.54 Å². The minimum Gasteiger partial charge on any atom is -0.330 e. The van der Waals surface area contributed by atoms with E-state index in [0.29, 0.717) is 13.0 Å². The Hall–Kier alpha value is -1.37. The van der Waals surface area contributed by atoms with Crippen molar-refractivity contribution in [3.05, 3.63) is 35.9 Å². The van der Waals surface area contributed by atoms with Gasteiger partial charge in [0.1, 0.15) is 0 Å². The topological polar surface area (TPSA) is 53.0 Å². The fourth-order valence-corrected chi connectivity index (χ4v) is 2.14. The predicted molar refractivity (Wildman–Crippen MR) is 74.9 cm³/mol. The van der Waals surface area contributed by atoms with Gasteiger partial charge in [-0.1, -0.05) is 44.2 Å². The van der Waals surface area contributed by atoms with Crippen molar-refractivity contribution in [2.24, 2.45) is 11.1 Å². The van der Waals surface area contributed by atoms with Crippen LogP contribution in [0.2, 0.25) is 0 Å². The highest BCUT2D eigenvalue weighted by molar-refractivity contribution is 5.20. The van der Waals surface area contributed by atoms with Gasteiger partial charge in [-0.25, -0.2) is 0 Å². The molecule has 0 aliphatic rings. The number of benzene rings is 1. The first kappa shape index (κ1) is 14.7. The van der Waals surface area contributed by atoms with Crippen molar-refractivity contribution >= 4 is 0 Å². The first-order chi connectivity index (χ1) is 8.50. The highest BCUT2D eigenvalue weighted by Crippen LogP contribution is 2.26. The lowest BCUT2D eigenvalue weighted by atomic mass is 9.91. The predicted octanol–water partition coefficient (Wildman–Crippen LogP) is 2.56. The molecule has 2 N–H and O–H groups in total. The molecular formula is C15H23N3. The summed E-state index contributed by atoms with van der Waals surface area (Å²) in [5.41, 5.74) is 7.03. The molecule has 0 heterocycles. The van der Waals surface area contributed by atoms with Gasteiger partial charge in [0.15, 0.2) is 0 Å². The van der Waals surface area contributed by atoms with E-state index in [1.165, 1.54) is 5.56 Å². The average molecular weight is 245 g/mol. The molecule has 0 spiro atoms. The van der Waals surface area contributed by atoms with Gasteiger partial charge in [-0.3, -0.25) is 4.90 Å². The number of nitrogens with zero attached hydrogens (tertiary/aromatic N) is 2. The summed E-state index contributed by atoms with van der Waals surface area (Å²) in [7, 11) is 2.06. The van der Waals surface area contributed by atoms with Crippen LogP contribution < -0.4 is 5.73 Å². The van der Waals surface area contributed by atoms with Crippen LogP contribution >= 0.6 is 0 Å². The van der Waals surface area contributed by atoms with E-state index in [1.54, 1.807) is 0 Å². The number of rotatable bonds is 6. The molecule has 0 aliphatic heterocycles. The van der Waals surface area contributed by atoms with Gasteiger partial charge in [-0.05, 0) is 24.6 Å². The number of nitriles is 1. The summed E-state index contributed by atoms with van der Waals surface area (Å²) >= 11 is 0. The van der Waals surface area contributed by atoms with Crippen LogP contribution in [0.3, 0.4) is 0 Å². The molecule has 1 unspecified atom stereocenters. The van der Waals surface area contributed by atoms with Crippen molar-refractivity contribution in [3.63, 3.8) is 0 Å². The maximum Gasteiger partial charge on any atom is 0.0641 e. The van der Waals surface area contributed by atoms with Gasteiger partial charge in [0.25, 0.3) is 0 Å². The van der Waals surface area contributed by atoms with E-state index in [-0.39, 0.29) is 11.5 Å². The Labute approximate surface area is 110 Å². The molecule has 0 radical (unpaired) electrons. The van der Waals surface area contributed by atoms with E-state index in [2.05, 4.69) is 44.0 Å². The summed E-state index contributed by atoms with van der Waals surface area (Å²) in [5.74, 6) is 0. The summed E-state index contributed by atoms with van der Waals surface area (Å²) < 4.78 is 0. The van der Waals surface area contributed by atoms with Crippen LogP contribution in [0.5, 0.6) is 0 Å². The second-order valence-corrected chi connectivity index (χ2v) is 5.57. The normalized spacial score (nSPS) is 13.3. The van der Waals surface area contributed by atoms with Gasteiger partial charge in [0, 0.05) is 12.6 Å². The molecule has 3 nitrogen and oxygen atoms in total. The Morgan fingerprint density at radius 3 is 2.44 bits per heavy atom. The SMILES string of the molecule is CN(CC(C)(C)CN)C(CC#N)c1ccccc1. The summed E-state index contributed by atoms with van der Waals surface area (Å²) in [5, 5.41) is 9.00. The first-order valence-electron chi connectivity index (χ1n) is 6.32. The molecule has 1 atom stereocenters. The van der Waals surface area contributed by atoms with Gasteiger partial charge >= 0.3 is 0 Å². The second-order valence-electron chi connectivity index (χ2n) is 5.57. The zero-order chi connectivity index (χ0) is 13.6. The zero-order valence-electron chi connectivity index (χ0n) is 11.6. The fraction of sp³-hybridized carbons (Fsp3) is 0.533. The lowest BCUT2D eigenvalue weighted by molar-refractivity contribution is 0.166. The monoisotopic (exact) mass is 245 g/mol. The fourth-order valence-electron chi connectivity index (χ4n) is 2.14. The number of hydrogen-bond acceptors (Lipinski definition) is 3. The quantitative estimate of drug-likeness (QED) is 0.838. The van der Waals surface area contributed by atoms with E-state index in [4.69, 9.17) is 11.0 Å². The van der Waals surface area contributed by atoms with Crippen molar-refractivity contribution in [2.75, 3.05) is 20.1 Å². The van der Waals surface area contributed by atoms with E-state index < -0.39 is 0 Å². The lowest BCUT2D eigenvalue weighted by Gasteiger charge is -2.34. The number of hydrogen-bond donors (Lipinski definition) is 1. The van der Waals surface area contributed by atoms with Gasteiger partial charge in [0.2, 0.25) is 0 Å². The molecule has 1 rings (SSSR count). The Balaban J connectivity index is 2.83. The van der Waals surface area contributed by atoms with E-state index in [9.17, 15) is 0 Å². The standard InChI is InChI=1S/C15H23N3/c1-15(2,11-17)12-18(3)14(9-10-16)13-7-5-4-6-8-13/h4-8,14H,9,11-12,17H2,1-3H3. The minimum atomic E-state index is 0.0667. The van der Waals surface area contributed by atoms with Crippen LogP contribution in [0.15, 0.2) is 30.3 Å². The van der Waals surface area contributed by atoms with Crippen molar-refractivity contribution in [1.29, 1.82) is 5.26 Å². The summed E-state index contributed by atoms with van der Waals surface area (Å²) in [6, 6.07) is 12.6. The Morgan fingerprint density at radius 1 is 1.33 bits per heavy atom.